The van der Waals surface area contributed by atoms with E-state index in [2.05, 4.69) is 15.5 Å². The fraction of sp³-hybridized carbons (Fsp3) is 0.211. The number of carbonyl (C=O) groups excluding carboxylic acids is 2. The Kier molecular flexibility index (Phi) is 4.14. The van der Waals surface area contributed by atoms with Crippen molar-refractivity contribution in [3.05, 3.63) is 48.0 Å². The molecule has 1 fully saturated rings. The molecular formula is C19H18N4O3. The molecule has 4 rings (SSSR count). The zero-order valence-electron chi connectivity index (χ0n) is 14.0. The van der Waals surface area contributed by atoms with Gasteiger partial charge in [-0.15, -0.1) is 0 Å². The van der Waals surface area contributed by atoms with Gasteiger partial charge in [0.05, 0.1) is 23.7 Å². The number of nitrogens with two attached hydrogens (primary N) is 1. The van der Waals surface area contributed by atoms with Crippen molar-refractivity contribution in [3.63, 3.8) is 0 Å². The summed E-state index contributed by atoms with van der Waals surface area (Å²) in [6.07, 6.45) is 0.741. The molecule has 7 heteroatoms. The zero-order chi connectivity index (χ0) is 18.1. The Morgan fingerprint density at radius 2 is 2.12 bits per heavy atom. The monoisotopic (exact) mass is 350 g/mol. The van der Waals surface area contributed by atoms with Crippen molar-refractivity contribution in [2.75, 3.05) is 18.5 Å². The topological polar surface area (TPSA) is 110 Å². The molecule has 0 spiro atoms. The van der Waals surface area contributed by atoms with Crippen molar-refractivity contribution < 1.29 is 14.3 Å². The molecule has 132 valence electrons. The maximum absolute atomic E-state index is 12.3. The van der Waals surface area contributed by atoms with Crippen molar-refractivity contribution in [1.82, 2.24) is 10.2 Å². The molecule has 1 saturated heterocycles. The highest BCUT2D eigenvalue weighted by Gasteiger charge is 2.23. The van der Waals surface area contributed by atoms with Crippen molar-refractivity contribution >= 4 is 28.4 Å². The predicted octanol–water partition coefficient (Wildman–Crippen LogP) is 2.30. The van der Waals surface area contributed by atoms with E-state index in [4.69, 9.17) is 10.5 Å². The maximum atomic E-state index is 12.3. The molecule has 1 atom stereocenters. The highest BCUT2D eigenvalue weighted by atomic mass is 16.5. The van der Waals surface area contributed by atoms with Crippen LogP contribution in [0.25, 0.3) is 22.2 Å². The number of primary amides is 1. The number of amides is 2. The van der Waals surface area contributed by atoms with Crippen LogP contribution >= 0.6 is 0 Å². The van der Waals surface area contributed by atoms with Gasteiger partial charge < -0.3 is 15.8 Å². The Hall–Kier alpha value is -3.19. The van der Waals surface area contributed by atoms with Crippen LogP contribution in [-0.2, 0) is 9.53 Å². The molecule has 1 aliphatic rings. The van der Waals surface area contributed by atoms with Crippen molar-refractivity contribution in [2.24, 2.45) is 11.7 Å². The van der Waals surface area contributed by atoms with E-state index in [9.17, 15) is 9.59 Å². The second kappa shape index (κ2) is 6.61. The Morgan fingerprint density at radius 1 is 1.23 bits per heavy atom. The van der Waals surface area contributed by atoms with E-state index in [0.717, 1.165) is 22.9 Å². The van der Waals surface area contributed by atoms with Crippen molar-refractivity contribution in [3.8, 4) is 11.3 Å². The minimum atomic E-state index is -0.487. The summed E-state index contributed by atoms with van der Waals surface area (Å²) in [7, 11) is 0. The van der Waals surface area contributed by atoms with Crippen molar-refractivity contribution in [1.29, 1.82) is 0 Å². The molecule has 26 heavy (non-hydrogen) atoms. The Morgan fingerprint density at radius 3 is 2.88 bits per heavy atom. The number of carbonyl (C=O) groups is 2. The van der Waals surface area contributed by atoms with E-state index in [1.807, 2.05) is 24.3 Å². The first-order valence-electron chi connectivity index (χ1n) is 8.39. The third-order valence-corrected chi connectivity index (χ3v) is 4.55. The standard InChI is InChI=1S/C19H18N4O3/c20-18(24)12-4-5-16-15(9-12)17(23-22-16)11-2-1-3-14(8-11)21-19(25)13-6-7-26-10-13/h1-5,8-9,13H,6-7,10H2,(H2,20,24)(H,21,25)(H,22,23). The lowest BCUT2D eigenvalue weighted by Gasteiger charge is -2.10. The van der Waals surface area contributed by atoms with Gasteiger partial charge in [-0.05, 0) is 36.8 Å². The van der Waals surface area contributed by atoms with Crippen LogP contribution in [0.15, 0.2) is 42.5 Å². The number of aromatic amines is 1. The lowest BCUT2D eigenvalue weighted by molar-refractivity contribution is -0.119. The number of nitrogens with zero attached hydrogens (tertiary/aromatic N) is 1. The van der Waals surface area contributed by atoms with Crippen LogP contribution in [0.2, 0.25) is 0 Å². The van der Waals surface area contributed by atoms with Crippen LogP contribution in [0.3, 0.4) is 0 Å². The molecular weight excluding hydrogens is 332 g/mol. The van der Waals surface area contributed by atoms with E-state index >= 15 is 0 Å². The number of aromatic nitrogens is 2. The molecule has 7 nitrogen and oxygen atoms in total. The number of hydrogen-bond donors (Lipinski definition) is 3. The van der Waals surface area contributed by atoms with Gasteiger partial charge >= 0.3 is 0 Å². The molecule has 0 saturated carbocycles. The molecule has 4 N–H and O–H groups in total. The molecule has 3 aromatic rings. The highest BCUT2D eigenvalue weighted by Crippen LogP contribution is 2.29. The van der Waals surface area contributed by atoms with Crippen LogP contribution in [0.1, 0.15) is 16.8 Å². The Labute approximate surface area is 149 Å². The third kappa shape index (κ3) is 3.04. The lowest BCUT2D eigenvalue weighted by atomic mass is 10.0. The maximum Gasteiger partial charge on any atom is 0.248 e. The number of hydrogen-bond acceptors (Lipinski definition) is 4. The van der Waals surface area contributed by atoms with Crippen LogP contribution in [0.4, 0.5) is 5.69 Å². The summed E-state index contributed by atoms with van der Waals surface area (Å²) in [5.41, 5.74) is 8.83. The number of fused-ring (bicyclic) bond motifs is 1. The number of anilines is 1. The number of benzene rings is 2. The van der Waals surface area contributed by atoms with Gasteiger partial charge in [0.25, 0.3) is 0 Å². The fourth-order valence-corrected chi connectivity index (χ4v) is 3.12. The van der Waals surface area contributed by atoms with E-state index in [-0.39, 0.29) is 11.8 Å². The van der Waals surface area contributed by atoms with Gasteiger partial charge in [0, 0.05) is 28.8 Å². The van der Waals surface area contributed by atoms with Crippen LogP contribution < -0.4 is 11.1 Å². The first kappa shape index (κ1) is 16.3. The summed E-state index contributed by atoms with van der Waals surface area (Å²) in [6.45, 7) is 1.09. The summed E-state index contributed by atoms with van der Waals surface area (Å²) < 4.78 is 5.26. The number of H-pyrrole nitrogens is 1. The molecule has 1 aliphatic heterocycles. The minimum Gasteiger partial charge on any atom is -0.381 e. The molecule has 0 aliphatic carbocycles. The van der Waals surface area contributed by atoms with E-state index in [1.54, 1.807) is 18.2 Å². The van der Waals surface area contributed by atoms with Crippen LogP contribution in [-0.4, -0.2) is 35.2 Å². The molecule has 0 radical (unpaired) electrons. The highest BCUT2D eigenvalue weighted by molar-refractivity contribution is 6.01. The van der Waals surface area contributed by atoms with Gasteiger partial charge in [-0.25, -0.2) is 0 Å². The second-order valence-electron chi connectivity index (χ2n) is 6.33. The average molecular weight is 350 g/mol. The Balaban J connectivity index is 1.66. The quantitative estimate of drug-likeness (QED) is 0.670. The zero-order valence-corrected chi connectivity index (χ0v) is 14.0. The second-order valence-corrected chi connectivity index (χ2v) is 6.33. The van der Waals surface area contributed by atoms with E-state index in [1.165, 1.54) is 0 Å². The first-order valence-corrected chi connectivity index (χ1v) is 8.39. The van der Waals surface area contributed by atoms with Gasteiger partial charge in [0.15, 0.2) is 0 Å². The van der Waals surface area contributed by atoms with Gasteiger partial charge in [0.1, 0.15) is 0 Å². The minimum absolute atomic E-state index is 0.0393. The third-order valence-electron chi connectivity index (χ3n) is 4.55. The summed E-state index contributed by atoms with van der Waals surface area (Å²) in [6, 6.07) is 12.6. The summed E-state index contributed by atoms with van der Waals surface area (Å²) >= 11 is 0. The Bertz CT molecular complexity index is 989. The number of nitrogens with one attached hydrogen (secondary N) is 2. The predicted molar refractivity (Wildman–Crippen MR) is 97.6 cm³/mol. The molecule has 1 aromatic heterocycles. The summed E-state index contributed by atoms with van der Waals surface area (Å²) in [5.74, 6) is -0.635. The molecule has 2 aromatic carbocycles. The van der Waals surface area contributed by atoms with Gasteiger partial charge in [-0.1, -0.05) is 12.1 Å². The fourth-order valence-electron chi connectivity index (χ4n) is 3.12. The number of rotatable bonds is 4. The SMILES string of the molecule is NC(=O)c1ccc2[nH]nc(-c3cccc(NC(=O)C4CCOC4)c3)c2c1. The van der Waals surface area contributed by atoms with Gasteiger partial charge in [0.2, 0.25) is 11.8 Å². The molecule has 2 heterocycles. The largest absolute Gasteiger partial charge is 0.381 e. The molecule has 2 amide bonds. The first-order chi connectivity index (χ1) is 12.6. The molecule has 0 bridgehead atoms. The van der Waals surface area contributed by atoms with Crippen molar-refractivity contribution in [2.45, 2.75) is 6.42 Å². The average Bonchev–Trinajstić information content (AvgIpc) is 3.31. The normalized spacial score (nSPS) is 16.7. The molecule has 1 unspecified atom stereocenters. The van der Waals surface area contributed by atoms with Crippen LogP contribution in [0, 0.1) is 5.92 Å². The summed E-state index contributed by atoms with van der Waals surface area (Å²) in [5, 5.41) is 11.0. The van der Waals surface area contributed by atoms with Gasteiger partial charge in [-0.2, -0.15) is 5.10 Å². The lowest BCUT2D eigenvalue weighted by Crippen LogP contribution is -2.22. The number of ether oxygens (including phenoxy) is 1. The van der Waals surface area contributed by atoms with E-state index < -0.39 is 5.91 Å². The van der Waals surface area contributed by atoms with Gasteiger partial charge in [-0.3, -0.25) is 14.7 Å². The van der Waals surface area contributed by atoms with E-state index in [0.29, 0.717) is 30.2 Å². The van der Waals surface area contributed by atoms with Crippen LogP contribution in [0.5, 0.6) is 0 Å². The summed E-state index contributed by atoms with van der Waals surface area (Å²) in [4.78, 5) is 23.7. The smallest absolute Gasteiger partial charge is 0.248 e.